The molecule has 0 unspecified atom stereocenters. The maximum atomic E-state index is 12.8. The quantitative estimate of drug-likeness (QED) is 0.664. The number of carbonyl (C=O) groups is 1. The van der Waals surface area contributed by atoms with Gasteiger partial charge in [-0.2, -0.15) is 0 Å². The first-order chi connectivity index (χ1) is 12.3. The van der Waals surface area contributed by atoms with E-state index < -0.39 is 0 Å². The van der Waals surface area contributed by atoms with Gasteiger partial charge in [-0.1, -0.05) is 28.9 Å². The van der Waals surface area contributed by atoms with Crippen LogP contribution in [-0.4, -0.2) is 37.8 Å². The van der Waals surface area contributed by atoms with Crippen molar-refractivity contribution in [2.45, 2.75) is 33.4 Å². The number of hydrogen-bond donors (Lipinski definition) is 0. The Bertz CT molecular complexity index is 918. The molecule has 0 saturated carbocycles. The number of carbonyl (C=O) groups excluding carboxylic acids is 1. The zero-order valence-electron chi connectivity index (χ0n) is 15.1. The van der Waals surface area contributed by atoms with Crippen LogP contribution in [0.25, 0.3) is 0 Å². The summed E-state index contributed by atoms with van der Waals surface area (Å²) in [6.45, 7) is 6.49. The fourth-order valence-corrected chi connectivity index (χ4v) is 3.76. The molecule has 3 aromatic rings. The SMILES string of the molecule is Cc1nc([C@@H](C)N(C)C(=O)c2cn(Cc3ccc(Cl)cc3)nn2)c(C)s1. The lowest BCUT2D eigenvalue weighted by Crippen LogP contribution is -2.30. The fourth-order valence-electron chi connectivity index (χ4n) is 2.72. The molecule has 1 atom stereocenters. The molecule has 3 rings (SSSR count). The average molecular weight is 390 g/mol. The van der Waals surface area contributed by atoms with Gasteiger partial charge in [-0.05, 0) is 38.5 Å². The Balaban J connectivity index is 1.72. The molecule has 2 heterocycles. The smallest absolute Gasteiger partial charge is 0.276 e. The van der Waals surface area contributed by atoms with Crippen LogP contribution in [-0.2, 0) is 6.54 Å². The van der Waals surface area contributed by atoms with E-state index in [9.17, 15) is 4.79 Å². The summed E-state index contributed by atoms with van der Waals surface area (Å²) in [5.74, 6) is -0.176. The van der Waals surface area contributed by atoms with Gasteiger partial charge in [-0.3, -0.25) is 4.79 Å². The van der Waals surface area contributed by atoms with Crippen LogP contribution >= 0.6 is 22.9 Å². The highest BCUT2D eigenvalue weighted by Crippen LogP contribution is 2.26. The Kier molecular flexibility index (Phi) is 5.38. The van der Waals surface area contributed by atoms with Crippen molar-refractivity contribution in [1.82, 2.24) is 24.9 Å². The molecule has 1 amide bonds. The number of aryl methyl sites for hydroxylation is 2. The van der Waals surface area contributed by atoms with E-state index in [2.05, 4.69) is 15.3 Å². The lowest BCUT2D eigenvalue weighted by molar-refractivity contribution is 0.0733. The van der Waals surface area contributed by atoms with Crippen LogP contribution in [0.3, 0.4) is 0 Å². The van der Waals surface area contributed by atoms with Crippen LogP contribution in [0, 0.1) is 13.8 Å². The predicted octanol–water partition coefficient (Wildman–Crippen LogP) is 3.89. The fraction of sp³-hybridized carbons (Fsp3) is 0.333. The highest BCUT2D eigenvalue weighted by Gasteiger charge is 2.24. The van der Waals surface area contributed by atoms with Gasteiger partial charge < -0.3 is 4.90 Å². The zero-order chi connectivity index (χ0) is 18.8. The Labute approximate surface area is 161 Å². The van der Waals surface area contributed by atoms with Gasteiger partial charge in [-0.25, -0.2) is 9.67 Å². The van der Waals surface area contributed by atoms with Crippen LogP contribution in [0.5, 0.6) is 0 Å². The Hall–Kier alpha value is -2.25. The minimum absolute atomic E-state index is 0.131. The summed E-state index contributed by atoms with van der Waals surface area (Å²) in [4.78, 5) is 20.1. The molecule has 0 N–H and O–H groups in total. The maximum Gasteiger partial charge on any atom is 0.276 e. The molecular weight excluding hydrogens is 370 g/mol. The van der Waals surface area contributed by atoms with Gasteiger partial charge in [0.05, 0.1) is 29.5 Å². The molecule has 6 nitrogen and oxygen atoms in total. The number of halogens is 1. The minimum Gasteiger partial charge on any atom is -0.332 e. The zero-order valence-corrected chi connectivity index (χ0v) is 16.7. The normalized spacial score (nSPS) is 12.2. The number of aromatic nitrogens is 4. The summed E-state index contributed by atoms with van der Waals surface area (Å²) in [6, 6.07) is 7.37. The number of nitrogens with zero attached hydrogens (tertiary/aromatic N) is 5. The van der Waals surface area contributed by atoms with Gasteiger partial charge in [0, 0.05) is 16.9 Å². The first kappa shape index (κ1) is 18.5. The summed E-state index contributed by atoms with van der Waals surface area (Å²) >= 11 is 7.54. The second kappa shape index (κ2) is 7.55. The van der Waals surface area contributed by atoms with E-state index >= 15 is 0 Å². The van der Waals surface area contributed by atoms with E-state index in [1.54, 1.807) is 34.2 Å². The molecular formula is C18H20ClN5OS. The summed E-state index contributed by atoms with van der Waals surface area (Å²) in [6.07, 6.45) is 1.67. The first-order valence-electron chi connectivity index (χ1n) is 8.21. The average Bonchev–Trinajstić information content (AvgIpc) is 3.21. The second-order valence-corrected chi connectivity index (χ2v) is 8.04. The summed E-state index contributed by atoms with van der Waals surface area (Å²) in [5, 5.41) is 9.78. The number of rotatable bonds is 5. The Morgan fingerprint density at radius 3 is 2.62 bits per heavy atom. The van der Waals surface area contributed by atoms with Gasteiger partial charge in [0.15, 0.2) is 5.69 Å². The van der Waals surface area contributed by atoms with E-state index in [-0.39, 0.29) is 11.9 Å². The molecule has 8 heteroatoms. The molecule has 0 spiro atoms. The molecule has 0 radical (unpaired) electrons. The predicted molar refractivity (Wildman–Crippen MR) is 103 cm³/mol. The Morgan fingerprint density at radius 2 is 2.00 bits per heavy atom. The molecule has 26 heavy (non-hydrogen) atoms. The standard InChI is InChI=1S/C18H20ClN5OS/c1-11(17-12(2)26-13(3)20-17)23(4)18(25)16-10-24(22-21-16)9-14-5-7-15(19)8-6-14/h5-8,10-11H,9H2,1-4H3/t11-/m1/s1. The van der Waals surface area contributed by atoms with Crippen molar-refractivity contribution in [3.05, 3.63) is 62.3 Å². The first-order valence-corrected chi connectivity index (χ1v) is 9.40. The van der Waals surface area contributed by atoms with E-state index in [4.69, 9.17) is 11.6 Å². The third-order valence-corrected chi connectivity index (χ3v) is 5.41. The largest absolute Gasteiger partial charge is 0.332 e. The van der Waals surface area contributed by atoms with Gasteiger partial charge in [-0.15, -0.1) is 16.4 Å². The van der Waals surface area contributed by atoms with Crippen LogP contribution in [0.15, 0.2) is 30.5 Å². The topological polar surface area (TPSA) is 63.9 Å². The van der Waals surface area contributed by atoms with Crippen molar-refractivity contribution in [3.63, 3.8) is 0 Å². The highest BCUT2D eigenvalue weighted by atomic mass is 35.5. The third-order valence-electron chi connectivity index (χ3n) is 4.25. The molecule has 136 valence electrons. The van der Waals surface area contributed by atoms with Crippen molar-refractivity contribution < 1.29 is 4.79 Å². The molecule has 1 aromatic carbocycles. The minimum atomic E-state index is -0.176. The van der Waals surface area contributed by atoms with Crippen LogP contribution in [0.4, 0.5) is 0 Å². The molecule has 0 aliphatic heterocycles. The van der Waals surface area contributed by atoms with E-state index in [0.29, 0.717) is 17.3 Å². The third kappa shape index (κ3) is 3.94. The van der Waals surface area contributed by atoms with Crippen molar-refractivity contribution in [1.29, 1.82) is 0 Å². The highest BCUT2D eigenvalue weighted by molar-refractivity contribution is 7.11. The second-order valence-electron chi connectivity index (χ2n) is 6.19. The molecule has 0 bridgehead atoms. The van der Waals surface area contributed by atoms with Gasteiger partial charge in [0.25, 0.3) is 5.91 Å². The number of benzene rings is 1. The van der Waals surface area contributed by atoms with Crippen LogP contribution in [0.2, 0.25) is 5.02 Å². The van der Waals surface area contributed by atoms with Gasteiger partial charge >= 0.3 is 0 Å². The lowest BCUT2D eigenvalue weighted by Gasteiger charge is -2.23. The monoisotopic (exact) mass is 389 g/mol. The number of hydrogen-bond acceptors (Lipinski definition) is 5. The molecule has 2 aromatic heterocycles. The summed E-state index contributed by atoms with van der Waals surface area (Å²) in [7, 11) is 1.76. The van der Waals surface area contributed by atoms with Crippen LogP contribution in [0.1, 0.15) is 44.6 Å². The summed E-state index contributed by atoms with van der Waals surface area (Å²) < 4.78 is 1.65. The summed E-state index contributed by atoms with van der Waals surface area (Å²) in [5.41, 5.74) is 2.28. The molecule has 0 fully saturated rings. The number of thiazole rings is 1. The van der Waals surface area contributed by atoms with E-state index in [1.807, 2.05) is 45.0 Å². The van der Waals surface area contributed by atoms with E-state index in [0.717, 1.165) is 21.1 Å². The molecule has 0 aliphatic rings. The van der Waals surface area contributed by atoms with Crippen molar-refractivity contribution in [2.75, 3.05) is 7.05 Å². The van der Waals surface area contributed by atoms with Gasteiger partial charge in [0.1, 0.15) is 0 Å². The van der Waals surface area contributed by atoms with Crippen molar-refractivity contribution in [3.8, 4) is 0 Å². The van der Waals surface area contributed by atoms with Crippen molar-refractivity contribution >= 4 is 28.8 Å². The van der Waals surface area contributed by atoms with Crippen LogP contribution < -0.4 is 0 Å². The Morgan fingerprint density at radius 1 is 1.31 bits per heavy atom. The molecule has 0 aliphatic carbocycles. The molecule has 0 saturated heterocycles. The van der Waals surface area contributed by atoms with E-state index in [1.165, 1.54) is 0 Å². The maximum absolute atomic E-state index is 12.8. The van der Waals surface area contributed by atoms with Gasteiger partial charge in [0.2, 0.25) is 0 Å². The number of amides is 1. The lowest BCUT2D eigenvalue weighted by atomic mass is 10.2. The van der Waals surface area contributed by atoms with Crippen molar-refractivity contribution in [2.24, 2.45) is 0 Å².